The SMILES string of the molecule is CC1(C)c2ccccc2-c2ccc(N(c3ccc(-c4ccccc4)cc3)c3ccc4oc5ccc(C6(C)c7ccccc7-c7ccccc76)cc5c4c3)cc21. The van der Waals surface area contributed by atoms with Crippen LogP contribution in [0.4, 0.5) is 17.1 Å². The van der Waals surface area contributed by atoms with Gasteiger partial charge in [0.25, 0.3) is 0 Å². The molecule has 0 unspecified atom stereocenters. The van der Waals surface area contributed by atoms with Crippen molar-refractivity contribution in [1.29, 1.82) is 0 Å². The van der Waals surface area contributed by atoms with Gasteiger partial charge in [-0.3, -0.25) is 0 Å². The van der Waals surface area contributed by atoms with E-state index in [-0.39, 0.29) is 10.8 Å². The van der Waals surface area contributed by atoms with E-state index < -0.39 is 0 Å². The summed E-state index contributed by atoms with van der Waals surface area (Å²) in [7, 11) is 0. The normalized spacial score (nSPS) is 14.4. The lowest BCUT2D eigenvalue weighted by molar-refractivity contribution is 0.660. The predicted molar refractivity (Wildman–Crippen MR) is 229 cm³/mol. The number of rotatable bonds is 5. The molecule has 2 heteroatoms. The van der Waals surface area contributed by atoms with Crippen LogP contribution in [0.5, 0.6) is 0 Å². The highest BCUT2D eigenvalue weighted by Crippen LogP contribution is 2.54. The lowest BCUT2D eigenvalue weighted by Gasteiger charge is -2.28. The highest BCUT2D eigenvalue weighted by molar-refractivity contribution is 6.07. The molecule has 8 aromatic carbocycles. The van der Waals surface area contributed by atoms with Crippen LogP contribution in [0.25, 0.3) is 55.3 Å². The molecule has 0 spiro atoms. The maximum Gasteiger partial charge on any atom is 0.135 e. The van der Waals surface area contributed by atoms with Gasteiger partial charge in [-0.2, -0.15) is 0 Å². The highest BCUT2D eigenvalue weighted by atomic mass is 16.3. The molecule has 2 aliphatic carbocycles. The van der Waals surface area contributed by atoms with Crippen molar-refractivity contribution in [3.05, 3.63) is 210 Å². The third-order valence-corrected chi connectivity index (χ3v) is 12.6. The predicted octanol–water partition coefficient (Wildman–Crippen LogP) is 14.4. The maximum absolute atomic E-state index is 6.56. The minimum absolute atomic E-state index is 0.112. The second-order valence-corrected chi connectivity index (χ2v) is 15.9. The number of nitrogens with zero attached hydrogens (tertiary/aromatic N) is 1. The van der Waals surface area contributed by atoms with Crippen molar-refractivity contribution < 1.29 is 4.42 Å². The molecule has 0 amide bonds. The monoisotopic (exact) mass is 705 g/mol. The Morgan fingerprint density at radius 1 is 0.382 bits per heavy atom. The highest BCUT2D eigenvalue weighted by Gasteiger charge is 2.41. The van der Waals surface area contributed by atoms with Crippen LogP contribution < -0.4 is 4.90 Å². The number of hydrogen-bond donors (Lipinski definition) is 0. The maximum atomic E-state index is 6.56. The molecule has 9 aromatic rings. The van der Waals surface area contributed by atoms with Gasteiger partial charge in [0.05, 0.1) is 0 Å². The molecule has 0 bridgehead atoms. The molecule has 0 saturated heterocycles. The van der Waals surface area contributed by atoms with Gasteiger partial charge in [-0.15, -0.1) is 0 Å². The van der Waals surface area contributed by atoms with Crippen LogP contribution in [0.15, 0.2) is 186 Å². The van der Waals surface area contributed by atoms with Gasteiger partial charge in [0, 0.05) is 38.7 Å². The molecular weight excluding hydrogens is 667 g/mol. The Morgan fingerprint density at radius 2 is 0.873 bits per heavy atom. The second kappa shape index (κ2) is 11.7. The van der Waals surface area contributed by atoms with Gasteiger partial charge in [-0.05, 0) is 123 Å². The van der Waals surface area contributed by atoms with Gasteiger partial charge >= 0.3 is 0 Å². The van der Waals surface area contributed by atoms with E-state index in [0.29, 0.717) is 0 Å². The summed E-state index contributed by atoms with van der Waals surface area (Å²) < 4.78 is 6.56. The first-order valence-corrected chi connectivity index (χ1v) is 19.3. The Bertz CT molecular complexity index is 2920. The third kappa shape index (κ3) is 4.61. The first-order chi connectivity index (χ1) is 26.9. The summed E-state index contributed by atoms with van der Waals surface area (Å²) in [6, 6.07) is 66.7. The first kappa shape index (κ1) is 31.8. The summed E-state index contributed by atoms with van der Waals surface area (Å²) in [5.74, 6) is 0. The van der Waals surface area contributed by atoms with E-state index in [0.717, 1.165) is 39.0 Å². The molecule has 11 rings (SSSR count). The van der Waals surface area contributed by atoms with Crippen LogP contribution in [0.1, 0.15) is 48.6 Å². The van der Waals surface area contributed by atoms with E-state index in [2.05, 4.69) is 208 Å². The van der Waals surface area contributed by atoms with E-state index in [1.165, 1.54) is 61.2 Å². The van der Waals surface area contributed by atoms with Gasteiger partial charge in [-0.25, -0.2) is 0 Å². The van der Waals surface area contributed by atoms with Crippen LogP contribution >= 0.6 is 0 Å². The number of benzene rings is 8. The minimum atomic E-state index is -0.288. The fourth-order valence-corrected chi connectivity index (χ4v) is 9.69. The van der Waals surface area contributed by atoms with Crippen molar-refractivity contribution in [3.8, 4) is 33.4 Å². The third-order valence-electron chi connectivity index (χ3n) is 12.6. The summed E-state index contributed by atoms with van der Waals surface area (Å²) >= 11 is 0. The fraction of sp³-hybridized carbons (Fsp3) is 0.0943. The van der Waals surface area contributed by atoms with Crippen molar-refractivity contribution in [3.63, 3.8) is 0 Å². The fourth-order valence-electron chi connectivity index (χ4n) is 9.69. The molecule has 0 fully saturated rings. The lowest BCUT2D eigenvalue weighted by atomic mass is 9.74. The molecule has 0 atom stereocenters. The second-order valence-electron chi connectivity index (χ2n) is 15.9. The number of anilines is 3. The first-order valence-electron chi connectivity index (χ1n) is 19.3. The molecule has 55 heavy (non-hydrogen) atoms. The van der Waals surface area contributed by atoms with Crippen molar-refractivity contribution in [1.82, 2.24) is 0 Å². The zero-order valence-corrected chi connectivity index (χ0v) is 31.2. The smallest absolute Gasteiger partial charge is 0.135 e. The summed E-state index contributed by atoms with van der Waals surface area (Å²) in [5.41, 5.74) is 19.1. The lowest BCUT2D eigenvalue weighted by Crippen LogP contribution is -2.22. The average molecular weight is 706 g/mol. The zero-order valence-electron chi connectivity index (χ0n) is 31.2. The van der Waals surface area contributed by atoms with E-state index in [9.17, 15) is 0 Å². The van der Waals surface area contributed by atoms with Gasteiger partial charge in [0.2, 0.25) is 0 Å². The van der Waals surface area contributed by atoms with E-state index >= 15 is 0 Å². The standard InChI is InChI=1S/C53H39NO/c1-52(2)46-18-10-7-15-40(46)43-28-26-39(33-49(43)52)54(37-24-21-35(22-25-37)34-13-5-4-6-14-34)38-27-30-51-45(32-38)44-31-36(23-29-50(44)55-51)53(3)47-19-11-8-16-41(47)42-17-9-12-20-48(42)53/h4-33H,1-3H3. The summed E-state index contributed by atoms with van der Waals surface area (Å²) in [5, 5.41) is 2.24. The van der Waals surface area contributed by atoms with Gasteiger partial charge < -0.3 is 9.32 Å². The minimum Gasteiger partial charge on any atom is -0.456 e. The molecule has 2 nitrogen and oxygen atoms in total. The van der Waals surface area contributed by atoms with Crippen LogP contribution in [-0.4, -0.2) is 0 Å². The molecule has 0 saturated carbocycles. The van der Waals surface area contributed by atoms with Crippen LogP contribution in [0.3, 0.4) is 0 Å². The topological polar surface area (TPSA) is 16.4 Å². The van der Waals surface area contributed by atoms with Crippen molar-refractivity contribution in [2.45, 2.75) is 31.6 Å². The average Bonchev–Trinajstić information content (AvgIpc) is 3.82. The van der Waals surface area contributed by atoms with Crippen molar-refractivity contribution in [2.75, 3.05) is 4.90 Å². The number of fused-ring (bicyclic) bond motifs is 9. The molecule has 0 aliphatic heterocycles. The Labute approximate surface area is 322 Å². The van der Waals surface area contributed by atoms with Crippen molar-refractivity contribution >= 4 is 39.0 Å². The summed E-state index contributed by atoms with van der Waals surface area (Å²) in [4.78, 5) is 2.40. The molecule has 0 radical (unpaired) electrons. The van der Waals surface area contributed by atoms with Gasteiger partial charge in [0.15, 0.2) is 0 Å². The summed E-state index contributed by atoms with van der Waals surface area (Å²) in [6.45, 7) is 7.08. The molecule has 1 aromatic heterocycles. The number of furan rings is 1. The van der Waals surface area contributed by atoms with E-state index in [1.54, 1.807) is 0 Å². The molecule has 262 valence electrons. The molecule has 1 heterocycles. The molecule has 2 aliphatic rings. The van der Waals surface area contributed by atoms with Crippen LogP contribution in [0, 0.1) is 0 Å². The van der Waals surface area contributed by atoms with Crippen molar-refractivity contribution in [2.24, 2.45) is 0 Å². The molecular formula is C53H39NO. The molecule has 0 N–H and O–H groups in total. The van der Waals surface area contributed by atoms with E-state index in [4.69, 9.17) is 4.42 Å². The van der Waals surface area contributed by atoms with Gasteiger partial charge in [-0.1, -0.05) is 141 Å². The van der Waals surface area contributed by atoms with Gasteiger partial charge in [0.1, 0.15) is 11.2 Å². The Morgan fingerprint density at radius 3 is 1.56 bits per heavy atom. The van der Waals surface area contributed by atoms with E-state index in [1.807, 2.05) is 0 Å². The van der Waals surface area contributed by atoms with Crippen LogP contribution in [0.2, 0.25) is 0 Å². The summed E-state index contributed by atoms with van der Waals surface area (Å²) in [6.07, 6.45) is 0. The Hall–Kier alpha value is -6.64. The Balaban J connectivity index is 1.09. The largest absolute Gasteiger partial charge is 0.456 e. The Kier molecular flexibility index (Phi) is 6.76. The zero-order chi connectivity index (χ0) is 36.9. The van der Waals surface area contributed by atoms with Crippen LogP contribution in [-0.2, 0) is 10.8 Å². The number of hydrogen-bond acceptors (Lipinski definition) is 2. The quantitative estimate of drug-likeness (QED) is 0.177.